The Hall–Kier alpha value is -2.65. The molecular formula is C35H50F2IN5O5SSi2. The van der Waals surface area contributed by atoms with Crippen LogP contribution in [0.15, 0.2) is 36.4 Å². The van der Waals surface area contributed by atoms with Crippen molar-refractivity contribution in [3.8, 4) is 17.0 Å². The summed E-state index contributed by atoms with van der Waals surface area (Å²) in [6.45, 7) is 17.0. The van der Waals surface area contributed by atoms with Crippen molar-refractivity contribution in [3.63, 3.8) is 0 Å². The lowest BCUT2D eigenvalue weighted by Gasteiger charge is -2.21. The Morgan fingerprint density at radius 2 is 1.63 bits per heavy atom. The van der Waals surface area contributed by atoms with Gasteiger partial charge in [-0.15, -0.1) is 0 Å². The van der Waals surface area contributed by atoms with Crippen molar-refractivity contribution in [2.24, 2.45) is 0 Å². The number of hydrogen-bond donors (Lipinski definition) is 1. The maximum absolute atomic E-state index is 15.6. The zero-order valence-electron chi connectivity index (χ0n) is 31.0. The van der Waals surface area contributed by atoms with Gasteiger partial charge in [0.25, 0.3) is 0 Å². The largest absolute Gasteiger partial charge is 0.464 e. The molecule has 2 aromatic carbocycles. The molecule has 0 aliphatic carbocycles. The summed E-state index contributed by atoms with van der Waals surface area (Å²) < 4.78 is 75.9. The lowest BCUT2D eigenvalue weighted by molar-refractivity contribution is 0.0197. The summed E-state index contributed by atoms with van der Waals surface area (Å²) in [4.78, 5) is 4.97. The molecule has 2 heterocycles. The van der Waals surface area contributed by atoms with Gasteiger partial charge < -0.3 is 19.5 Å². The number of aryl methyl sites for hydroxylation is 1. The molecule has 4 aromatic rings. The van der Waals surface area contributed by atoms with Crippen molar-refractivity contribution in [1.82, 2.24) is 14.8 Å². The maximum atomic E-state index is 15.6. The normalized spacial score (nSPS) is 12.5. The Kier molecular flexibility index (Phi) is 13.7. The van der Waals surface area contributed by atoms with Gasteiger partial charge in [0.05, 0.1) is 28.5 Å². The SMILES string of the molecule is CCc1cc(OCOCC[Si](C)(C)C)c(F)cc1-c1cc2c(c(I)nn2COCC[Si](C)(C)C)c(NCc2cc(F)ccc2N(C)S(C)(=O)=O)n1. The number of aromatic nitrogens is 3. The van der Waals surface area contributed by atoms with Crippen LogP contribution in [0, 0.1) is 15.3 Å². The molecule has 51 heavy (non-hydrogen) atoms. The van der Waals surface area contributed by atoms with Gasteiger partial charge in [0.2, 0.25) is 10.0 Å². The average Bonchev–Trinajstić information content (AvgIpc) is 3.35. The van der Waals surface area contributed by atoms with E-state index >= 15 is 4.39 Å². The second-order valence-corrected chi connectivity index (χ2v) is 29.3. The molecule has 0 aliphatic rings. The fourth-order valence-electron chi connectivity index (χ4n) is 5.18. The summed E-state index contributed by atoms with van der Waals surface area (Å²) in [5.41, 5.74) is 3.35. The van der Waals surface area contributed by atoms with Gasteiger partial charge >= 0.3 is 0 Å². The highest BCUT2D eigenvalue weighted by molar-refractivity contribution is 14.1. The van der Waals surface area contributed by atoms with Crippen LogP contribution in [0.5, 0.6) is 5.75 Å². The first kappa shape index (κ1) is 41.1. The van der Waals surface area contributed by atoms with Crippen molar-refractivity contribution in [2.45, 2.75) is 78.0 Å². The number of benzene rings is 2. The molecule has 0 unspecified atom stereocenters. The highest BCUT2D eigenvalue weighted by Crippen LogP contribution is 2.36. The van der Waals surface area contributed by atoms with Gasteiger partial charge in [-0.3, -0.25) is 4.31 Å². The molecular weight excluding hydrogens is 824 g/mol. The topological polar surface area (TPSA) is 108 Å². The lowest BCUT2D eigenvalue weighted by atomic mass is 10.0. The van der Waals surface area contributed by atoms with E-state index in [-0.39, 0.29) is 25.8 Å². The second kappa shape index (κ2) is 17.0. The quantitative estimate of drug-likeness (QED) is 0.0459. The Morgan fingerprint density at radius 3 is 2.25 bits per heavy atom. The van der Waals surface area contributed by atoms with Gasteiger partial charge in [-0.2, -0.15) is 5.10 Å². The minimum Gasteiger partial charge on any atom is -0.464 e. The number of ether oxygens (including phenoxy) is 3. The number of nitrogens with zero attached hydrogens (tertiary/aromatic N) is 4. The van der Waals surface area contributed by atoms with E-state index in [1.54, 1.807) is 10.7 Å². The third-order valence-electron chi connectivity index (χ3n) is 8.33. The second-order valence-electron chi connectivity index (χ2n) is 15.0. The zero-order chi connectivity index (χ0) is 37.7. The van der Waals surface area contributed by atoms with Crippen molar-refractivity contribution in [2.75, 3.05) is 42.9 Å². The Morgan fingerprint density at radius 1 is 0.961 bits per heavy atom. The molecule has 0 spiro atoms. The van der Waals surface area contributed by atoms with Gasteiger partial charge in [-0.25, -0.2) is 26.9 Å². The molecule has 0 saturated carbocycles. The van der Waals surface area contributed by atoms with Crippen LogP contribution in [0.3, 0.4) is 0 Å². The van der Waals surface area contributed by atoms with E-state index in [0.717, 1.165) is 28.2 Å². The standard InChI is InChI=1S/C35H50F2IN5O5SSi2/c1-10-24-18-32(48-23-47-14-16-51(7,8)9)28(37)19-27(24)29-20-31-33(34(38)41-43(31)22-46-13-15-50(4,5)6)35(40-29)39-21-25-17-26(36)11-12-30(25)42(2)49(3,44)45/h11-12,17-20H,10,13-16,21-23H2,1-9H3,(H,39,40). The molecule has 0 radical (unpaired) electrons. The molecule has 0 saturated heterocycles. The van der Waals surface area contributed by atoms with E-state index in [1.165, 1.54) is 31.3 Å². The summed E-state index contributed by atoms with van der Waals surface area (Å²) in [6, 6.07) is 10.9. The van der Waals surface area contributed by atoms with Crippen molar-refractivity contribution in [3.05, 3.63) is 62.9 Å². The number of rotatable bonds is 18. The molecule has 0 aliphatic heterocycles. The van der Waals surface area contributed by atoms with E-state index in [2.05, 4.69) is 67.2 Å². The summed E-state index contributed by atoms with van der Waals surface area (Å²) in [5.74, 6) is -0.518. The molecule has 4 rings (SSSR count). The Bertz CT molecular complexity index is 1950. The summed E-state index contributed by atoms with van der Waals surface area (Å²) >= 11 is 2.14. The van der Waals surface area contributed by atoms with Crippen LogP contribution in [0.4, 0.5) is 20.3 Å². The van der Waals surface area contributed by atoms with Gasteiger partial charge in [0, 0.05) is 48.5 Å². The smallest absolute Gasteiger partial charge is 0.232 e. The van der Waals surface area contributed by atoms with Crippen LogP contribution in [0.2, 0.25) is 51.4 Å². The number of pyridine rings is 1. The van der Waals surface area contributed by atoms with Crippen LogP contribution in [0.1, 0.15) is 18.1 Å². The first-order valence-electron chi connectivity index (χ1n) is 16.9. The van der Waals surface area contributed by atoms with Crippen molar-refractivity contribution >= 4 is 71.2 Å². The number of nitrogens with one attached hydrogen (secondary N) is 1. The van der Waals surface area contributed by atoms with Crippen molar-refractivity contribution < 1.29 is 31.4 Å². The first-order chi connectivity index (χ1) is 23.8. The lowest BCUT2D eigenvalue weighted by Crippen LogP contribution is -2.26. The van der Waals surface area contributed by atoms with Crippen LogP contribution in [-0.2, 0) is 39.2 Å². The van der Waals surface area contributed by atoms with Crippen LogP contribution in [-0.4, -0.2) is 72.6 Å². The molecule has 280 valence electrons. The molecule has 0 bridgehead atoms. The summed E-state index contributed by atoms with van der Waals surface area (Å²) in [7, 11) is -4.78. The maximum Gasteiger partial charge on any atom is 0.232 e. The third kappa shape index (κ3) is 11.4. The van der Waals surface area contributed by atoms with E-state index < -0.39 is 37.8 Å². The predicted octanol–water partition coefficient (Wildman–Crippen LogP) is 8.55. The molecule has 0 fully saturated rings. The minimum atomic E-state index is -3.62. The fraction of sp³-hybridized carbons (Fsp3) is 0.486. The molecule has 2 aromatic heterocycles. The van der Waals surface area contributed by atoms with Crippen LogP contribution in [0.25, 0.3) is 22.2 Å². The Balaban J connectivity index is 1.75. The van der Waals surface area contributed by atoms with Gasteiger partial charge in [0.15, 0.2) is 18.4 Å². The van der Waals surface area contributed by atoms with Crippen molar-refractivity contribution in [1.29, 1.82) is 0 Å². The average molecular weight is 874 g/mol. The van der Waals surface area contributed by atoms with Gasteiger partial charge in [-0.1, -0.05) is 46.2 Å². The molecule has 16 heteroatoms. The molecule has 10 nitrogen and oxygen atoms in total. The van der Waals surface area contributed by atoms with Gasteiger partial charge in [0.1, 0.15) is 22.1 Å². The van der Waals surface area contributed by atoms with E-state index in [0.29, 0.717) is 62.6 Å². The monoisotopic (exact) mass is 873 g/mol. The minimum absolute atomic E-state index is 0.0475. The number of hydrogen-bond acceptors (Lipinski definition) is 8. The number of sulfonamides is 1. The fourth-order valence-corrected chi connectivity index (χ4v) is 8.02. The predicted molar refractivity (Wildman–Crippen MR) is 216 cm³/mol. The molecule has 0 atom stereocenters. The first-order valence-corrected chi connectivity index (χ1v) is 27.3. The Labute approximate surface area is 316 Å². The highest BCUT2D eigenvalue weighted by Gasteiger charge is 2.22. The van der Waals surface area contributed by atoms with Gasteiger partial charge in [-0.05, 0) is 88.6 Å². The van der Waals surface area contributed by atoms with Crippen LogP contribution < -0.4 is 14.4 Å². The molecule has 1 N–H and O–H groups in total. The zero-order valence-corrected chi connectivity index (χ0v) is 36.0. The third-order valence-corrected chi connectivity index (χ3v) is 13.7. The van der Waals surface area contributed by atoms with E-state index in [9.17, 15) is 12.8 Å². The summed E-state index contributed by atoms with van der Waals surface area (Å²) in [6.07, 6.45) is 1.67. The number of fused-ring (bicyclic) bond motifs is 1. The summed E-state index contributed by atoms with van der Waals surface area (Å²) in [5, 5.41) is 8.78. The number of anilines is 2. The number of halogens is 3. The van der Waals surface area contributed by atoms with E-state index in [4.69, 9.17) is 24.3 Å². The van der Waals surface area contributed by atoms with E-state index in [1.807, 2.05) is 13.0 Å². The van der Waals surface area contributed by atoms with Crippen LogP contribution >= 0.6 is 22.6 Å². The highest BCUT2D eigenvalue weighted by atomic mass is 127. The molecule has 0 amide bonds.